The molecule has 0 radical (unpaired) electrons. The van der Waals surface area contributed by atoms with Crippen LogP contribution in [0.15, 0.2) is 66.7 Å². The smallest absolute Gasteiger partial charge is 0.257 e. The van der Waals surface area contributed by atoms with Crippen molar-refractivity contribution in [3.05, 3.63) is 66.7 Å². The van der Waals surface area contributed by atoms with E-state index in [0.29, 0.717) is 18.9 Å². The molecule has 0 bridgehead atoms. The molecule has 0 fully saturated rings. The summed E-state index contributed by atoms with van der Waals surface area (Å²) in [7, 11) is 0. The molecule has 0 heterocycles. The van der Waals surface area contributed by atoms with E-state index in [4.69, 9.17) is 32.7 Å². The number of amides is 1. The van der Waals surface area contributed by atoms with Crippen LogP contribution in [0.3, 0.4) is 0 Å². The zero-order valence-corrected chi connectivity index (χ0v) is 18.3. The molecule has 156 valence electrons. The molecule has 1 N–H and O–H groups in total. The monoisotopic (exact) mass is 443 g/mol. The molecule has 0 spiro atoms. The molecule has 6 heteroatoms. The first-order chi connectivity index (χ1) is 14.5. The molecule has 0 aromatic heterocycles. The predicted molar refractivity (Wildman–Crippen MR) is 124 cm³/mol. The minimum absolute atomic E-state index is 0.488. The van der Waals surface area contributed by atoms with E-state index in [2.05, 4.69) is 5.32 Å². The number of benzene rings is 3. The summed E-state index contributed by atoms with van der Waals surface area (Å²) in [6.45, 7) is 4.98. The Balaban J connectivity index is 2.17. The molecule has 0 unspecified atom stereocenters. The van der Waals surface area contributed by atoms with Gasteiger partial charge in [-0.2, -0.15) is 0 Å². The van der Waals surface area contributed by atoms with E-state index in [1.54, 1.807) is 0 Å². The maximum Gasteiger partial charge on any atom is 0.257 e. The Hall–Kier alpha value is -2.69. The number of hydrogen-bond acceptors (Lipinski definition) is 3. The van der Waals surface area contributed by atoms with Crippen molar-refractivity contribution < 1.29 is 14.3 Å². The average Bonchev–Trinajstić information content (AvgIpc) is 2.74. The van der Waals surface area contributed by atoms with Gasteiger partial charge in [-0.25, -0.2) is 0 Å². The SMILES string of the molecule is CCOc1ccccc1-c1cc(NC(=O)C(Cl)Cl)cc(-c2ccccc2OCC)c1. The van der Waals surface area contributed by atoms with Crippen molar-refractivity contribution >= 4 is 34.8 Å². The van der Waals surface area contributed by atoms with E-state index in [1.807, 2.05) is 80.6 Å². The third kappa shape index (κ3) is 5.26. The summed E-state index contributed by atoms with van der Waals surface area (Å²) in [6.07, 6.45) is 0. The summed E-state index contributed by atoms with van der Waals surface area (Å²) in [6, 6.07) is 21.4. The second kappa shape index (κ2) is 10.4. The summed E-state index contributed by atoms with van der Waals surface area (Å²) in [5, 5.41) is 2.78. The van der Waals surface area contributed by atoms with Crippen LogP contribution in [0.25, 0.3) is 22.3 Å². The molecule has 3 aromatic rings. The lowest BCUT2D eigenvalue weighted by molar-refractivity contribution is -0.114. The molecule has 4 nitrogen and oxygen atoms in total. The first-order valence-corrected chi connectivity index (χ1v) is 10.6. The summed E-state index contributed by atoms with van der Waals surface area (Å²) >= 11 is 11.5. The maximum atomic E-state index is 12.1. The molecule has 0 aliphatic heterocycles. The molecular formula is C24H23Cl2NO3. The molecule has 1 amide bonds. The lowest BCUT2D eigenvalue weighted by Gasteiger charge is -2.16. The number of alkyl halides is 2. The van der Waals surface area contributed by atoms with Crippen molar-refractivity contribution in [2.75, 3.05) is 18.5 Å². The van der Waals surface area contributed by atoms with E-state index < -0.39 is 10.7 Å². The molecule has 0 saturated carbocycles. The quantitative estimate of drug-likeness (QED) is 0.400. The number of carbonyl (C=O) groups excluding carboxylic acids is 1. The second-order valence-electron chi connectivity index (χ2n) is 6.45. The lowest BCUT2D eigenvalue weighted by atomic mass is 9.97. The van der Waals surface area contributed by atoms with Crippen molar-refractivity contribution in [1.82, 2.24) is 0 Å². The molecule has 30 heavy (non-hydrogen) atoms. The number of hydrogen-bond donors (Lipinski definition) is 1. The Kier molecular flexibility index (Phi) is 7.61. The van der Waals surface area contributed by atoms with Crippen LogP contribution in [0, 0.1) is 0 Å². The van der Waals surface area contributed by atoms with Crippen molar-refractivity contribution in [3.8, 4) is 33.8 Å². The summed E-state index contributed by atoms with van der Waals surface area (Å²) in [5.41, 5.74) is 4.19. The highest BCUT2D eigenvalue weighted by Gasteiger charge is 2.16. The van der Waals surface area contributed by atoms with Gasteiger partial charge in [-0.1, -0.05) is 59.6 Å². The normalized spacial score (nSPS) is 10.7. The molecular weight excluding hydrogens is 421 g/mol. The predicted octanol–water partition coefficient (Wildman–Crippen LogP) is 6.56. The van der Waals surface area contributed by atoms with E-state index in [1.165, 1.54) is 0 Å². The molecule has 3 aromatic carbocycles. The second-order valence-corrected chi connectivity index (χ2v) is 7.54. The first-order valence-electron chi connectivity index (χ1n) is 9.72. The van der Waals surface area contributed by atoms with Gasteiger partial charge in [-0.15, -0.1) is 0 Å². The third-order valence-electron chi connectivity index (χ3n) is 4.39. The van der Waals surface area contributed by atoms with Crippen molar-refractivity contribution in [3.63, 3.8) is 0 Å². The van der Waals surface area contributed by atoms with Crippen molar-refractivity contribution in [1.29, 1.82) is 0 Å². The van der Waals surface area contributed by atoms with E-state index in [-0.39, 0.29) is 0 Å². The first kappa shape index (κ1) is 22.0. The molecule has 0 saturated heterocycles. The number of nitrogens with one attached hydrogen (secondary N) is 1. The number of carbonyl (C=O) groups is 1. The topological polar surface area (TPSA) is 47.6 Å². The van der Waals surface area contributed by atoms with Crippen LogP contribution in [0.2, 0.25) is 0 Å². The van der Waals surface area contributed by atoms with E-state index in [9.17, 15) is 4.79 Å². The minimum Gasteiger partial charge on any atom is -0.493 e. The number of ether oxygens (including phenoxy) is 2. The standard InChI is InChI=1S/C24H23Cl2NO3/c1-3-29-21-11-7-5-9-19(21)16-13-17(15-18(14-16)27-24(28)23(25)26)20-10-6-8-12-22(20)30-4-2/h5-15,23H,3-4H2,1-2H3,(H,27,28). The lowest BCUT2D eigenvalue weighted by Crippen LogP contribution is -2.18. The zero-order valence-electron chi connectivity index (χ0n) is 16.8. The van der Waals surface area contributed by atoms with Gasteiger partial charge in [0, 0.05) is 16.8 Å². The van der Waals surface area contributed by atoms with Gasteiger partial charge in [0.05, 0.1) is 13.2 Å². The number of rotatable bonds is 8. The Bertz CT molecular complexity index is 953. The molecule has 3 rings (SSSR count). The summed E-state index contributed by atoms with van der Waals surface area (Å²) in [5.74, 6) is 1.04. The Morgan fingerprint density at radius 1 is 0.833 bits per heavy atom. The number of halogens is 2. The molecule has 0 aliphatic rings. The van der Waals surface area contributed by atoms with Crippen LogP contribution in [0.1, 0.15) is 13.8 Å². The minimum atomic E-state index is -1.16. The van der Waals surface area contributed by atoms with Gasteiger partial charge in [0.15, 0.2) is 4.84 Å². The highest BCUT2D eigenvalue weighted by atomic mass is 35.5. The largest absolute Gasteiger partial charge is 0.493 e. The van der Waals surface area contributed by atoms with Crippen LogP contribution < -0.4 is 14.8 Å². The van der Waals surface area contributed by atoms with Gasteiger partial charge in [0.1, 0.15) is 11.5 Å². The zero-order chi connectivity index (χ0) is 21.5. The van der Waals surface area contributed by atoms with Gasteiger partial charge in [0.2, 0.25) is 0 Å². The fourth-order valence-corrected chi connectivity index (χ4v) is 3.29. The van der Waals surface area contributed by atoms with E-state index >= 15 is 0 Å². The Morgan fingerprint density at radius 3 is 1.73 bits per heavy atom. The van der Waals surface area contributed by atoms with Crippen LogP contribution >= 0.6 is 23.2 Å². The summed E-state index contributed by atoms with van der Waals surface area (Å²) < 4.78 is 11.6. The number of anilines is 1. The third-order valence-corrected chi connectivity index (χ3v) is 4.79. The van der Waals surface area contributed by atoms with Crippen LogP contribution in [0.4, 0.5) is 5.69 Å². The summed E-state index contributed by atoms with van der Waals surface area (Å²) in [4.78, 5) is 11.0. The van der Waals surface area contributed by atoms with Gasteiger partial charge < -0.3 is 14.8 Å². The fraction of sp³-hybridized carbons (Fsp3) is 0.208. The van der Waals surface area contributed by atoms with Gasteiger partial charge in [-0.05, 0) is 55.3 Å². The Labute approximate surface area is 186 Å². The highest BCUT2D eigenvalue weighted by Crippen LogP contribution is 2.38. The molecule has 0 atom stereocenters. The molecule has 0 aliphatic carbocycles. The Morgan fingerprint density at radius 2 is 1.30 bits per heavy atom. The van der Waals surface area contributed by atoms with Gasteiger partial charge in [-0.3, -0.25) is 4.79 Å². The maximum absolute atomic E-state index is 12.1. The van der Waals surface area contributed by atoms with Crippen LogP contribution in [-0.2, 0) is 4.79 Å². The number of para-hydroxylation sites is 2. The van der Waals surface area contributed by atoms with E-state index in [0.717, 1.165) is 33.8 Å². The van der Waals surface area contributed by atoms with Crippen LogP contribution in [-0.4, -0.2) is 24.0 Å². The highest BCUT2D eigenvalue weighted by molar-refractivity contribution is 6.54. The van der Waals surface area contributed by atoms with Crippen molar-refractivity contribution in [2.45, 2.75) is 18.7 Å². The van der Waals surface area contributed by atoms with Gasteiger partial charge in [0.25, 0.3) is 5.91 Å². The van der Waals surface area contributed by atoms with Gasteiger partial charge >= 0.3 is 0 Å². The fourth-order valence-electron chi connectivity index (χ4n) is 3.18. The van der Waals surface area contributed by atoms with Crippen molar-refractivity contribution in [2.24, 2.45) is 0 Å². The van der Waals surface area contributed by atoms with Crippen LogP contribution in [0.5, 0.6) is 11.5 Å². The average molecular weight is 444 g/mol.